The van der Waals surface area contributed by atoms with E-state index >= 15 is 0 Å². The molecule has 1 aliphatic rings. The first-order chi connectivity index (χ1) is 9.16. The largest absolute Gasteiger partial charge is 0.480 e. The molecule has 0 amide bonds. The van der Waals surface area contributed by atoms with E-state index in [4.69, 9.17) is 5.41 Å². The molecule has 0 saturated heterocycles. The summed E-state index contributed by atoms with van der Waals surface area (Å²) < 4.78 is -1.39. The topological polar surface area (TPSA) is 74.0 Å². The van der Waals surface area contributed by atoms with Crippen LogP contribution in [0.25, 0.3) is 0 Å². The first kappa shape index (κ1) is 11.9. The number of carboxylic acids is 1. The number of rotatable bonds is 2. The zero-order valence-corrected chi connectivity index (χ0v) is 10.6. The van der Waals surface area contributed by atoms with Gasteiger partial charge in [0.25, 0.3) is 0 Å². The molecule has 1 aromatic heterocycles. The molecule has 1 aliphatic heterocycles. The highest BCUT2D eigenvalue weighted by Gasteiger charge is 2.52. The summed E-state index contributed by atoms with van der Waals surface area (Å²) in [6.45, 7) is 0. The molecule has 19 heavy (non-hydrogen) atoms. The lowest BCUT2D eigenvalue weighted by Crippen LogP contribution is -2.37. The molecule has 0 bridgehead atoms. The third-order valence-corrected chi connectivity index (χ3v) is 4.56. The fraction of sp³-hybridized carbons (Fsp3) is 0.0714. The molecule has 1 unspecified atom stereocenters. The quantitative estimate of drug-likeness (QED) is 0.879. The zero-order chi connectivity index (χ0) is 13.5. The predicted octanol–water partition coefficient (Wildman–Crippen LogP) is 2.54. The Balaban J connectivity index is 2.22. The van der Waals surface area contributed by atoms with E-state index < -0.39 is 10.7 Å². The Labute approximate surface area is 114 Å². The van der Waals surface area contributed by atoms with E-state index in [1.807, 2.05) is 6.07 Å². The number of nitrogens with zero attached hydrogens (tertiary/aromatic N) is 1. The van der Waals surface area contributed by atoms with Crippen molar-refractivity contribution in [3.05, 3.63) is 59.8 Å². The minimum atomic E-state index is -1.39. The van der Waals surface area contributed by atoms with Crippen molar-refractivity contribution >= 4 is 23.4 Å². The Bertz CT molecular complexity index is 672. The highest BCUT2D eigenvalue weighted by molar-refractivity contribution is 8.02. The van der Waals surface area contributed by atoms with Crippen molar-refractivity contribution in [1.82, 2.24) is 4.98 Å². The van der Waals surface area contributed by atoms with Crippen molar-refractivity contribution in [2.45, 2.75) is 9.77 Å². The van der Waals surface area contributed by atoms with Crippen molar-refractivity contribution in [3.8, 4) is 0 Å². The van der Waals surface area contributed by atoms with Gasteiger partial charge in [-0.3, -0.25) is 0 Å². The zero-order valence-electron chi connectivity index (χ0n) is 9.83. The van der Waals surface area contributed by atoms with Crippen molar-refractivity contribution in [3.63, 3.8) is 0 Å². The van der Waals surface area contributed by atoms with Gasteiger partial charge in [-0.1, -0.05) is 42.1 Å². The number of carbonyl (C=O) groups is 1. The van der Waals surface area contributed by atoms with Crippen LogP contribution in [0.3, 0.4) is 0 Å². The van der Waals surface area contributed by atoms with Crippen LogP contribution >= 0.6 is 11.8 Å². The van der Waals surface area contributed by atoms with Crippen molar-refractivity contribution in [2.75, 3.05) is 0 Å². The summed E-state index contributed by atoms with van der Waals surface area (Å²) in [7, 11) is 0. The Morgan fingerprint density at radius 2 is 1.95 bits per heavy atom. The van der Waals surface area contributed by atoms with Crippen LogP contribution in [0.5, 0.6) is 0 Å². The van der Waals surface area contributed by atoms with Gasteiger partial charge >= 0.3 is 5.97 Å². The van der Waals surface area contributed by atoms with Gasteiger partial charge in [-0.25, -0.2) is 9.78 Å². The van der Waals surface area contributed by atoms with Gasteiger partial charge < -0.3 is 10.5 Å². The van der Waals surface area contributed by atoms with E-state index in [9.17, 15) is 9.90 Å². The maximum Gasteiger partial charge on any atom is 0.331 e. The van der Waals surface area contributed by atoms with E-state index in [-0.39, 0.29) is 5.71 Å². The molecule has 3 rings (SSSR count). The van der Waals surface area contributed by atoms with Crippen LogP contribution < -0.4 is 0 Å². The molecule has 0 fully saturated rings. The van der Waals surface area contributed by atoms with Crippen molar-refractivity contribution in [1.29, 1.82) is 5.41 Å². The molecule has 2 heterocycles. The lowest BCUT2D eigenvalue weighted by Gasteiger charge is -2.23. The van der Waals surface area contributed by atoms with Gasteiger partial charge in [0, 0.05) is 11.8 Å². The lowest BCUT2D eigenvalue weighted by molar-refractivity contribution is -0.138. The maximum absolute atomic E-state index is 11.8. The first-order valence-electron chi connectivity index (χ1n) is 5.68. The number of carboxylic acid groups (broad SMARTS) is 1. The monoisotopic (exact) mass is 270 g/mol. The summed E-state index contributed by atoms with van der Waals surface area (Å²) in [6, 6.07) is 12.3. The van der Waals surface area contributed by atoms with Crippen LogP contribution in [0.2, 0.25) is 0 Å². The van der Waals surface area contributed by atoms with Gasteiger partial charge in [0.2, 0.25) is 0 Å². The van der Waals surface area contributed by atoms with E-state index in [1.165, 1.54) is 0 Å². The minimum absolute atomic E-state index is 0.0827. The molecule has 4 nitrogen and oxygen atoms in total. The summed E-state index contributed by atoms with van der Waals surface area (Å²) in [5.74, 6) is -1.04. The molecule has 0 saturated carbocycles. The maximum atomic E-state index is 11.8. The number of hydrogen-bond donors (Lipinski definition) is 2. The number of fused-ring (bicyclic) bond motifs is 1. The van der Waals surface area contributed by atoms with Gasteiger partial charge in [-0.2, -0.15) is 0 Å². The first-order valence-corrected chi connectivity index (χ1v) is 6.50. The van der Waals surface area contributed by atoms with Crippen LogP contribution in [0, 0.1) is 5.41 Å². The summed E-state index contributed by atoms with van der Waals surface area (Å²) in [4.78, 5) is 16.0. The number of thioether (sulfide) groups is 1. The molecular weight excluding hydrogens is 260 g/mol. The van der Waals surface area contributed by atoms with E-state index in [2.05, 4.69) is 4.98 Å². The standard InChI is InChI=1S/C14H10N2O2S/c15-11-10-7-4-8-16-12(10)19-14(11,13(17)18)9-5-2-1-3-6-9/h1-8,15H,(H,17,18). The molecular formula is C14H10N2O2S. The fourth-order valence-electron chi connectivity index (χ4n) is 2.20. The van der Waals surface area contributed by atoms with Gasteiger partial charge in [-0.15, -0.1) is 0 Å². The summed E-state index contributed by atoms with van der Waals surface area (Å²) in [6.07, 6.45) is 1.61. The Hall–Kier alpha value is -2.14. The lowest BCUT2D eigenvalue weighted by atomic mass is 9.90. The molecule has 2 aromatic rings. The molecule has 2 N–H and O–H groups in total. The predicted molar refractivity (Wildman–Crippen MR) is 72.7 cm³/mol. The molecule has 94 valence electrons. The third-order valence-electron chi connectivity index (χ3n) is 3.12. The van der Waals surface area contributed by atoms with Gasteiger partial charge in [0.15, 0.2) is 4.75 Å². The van der Waals surface area contributed by atoms with Crippen LogP contribution in [-0.2, 0) is 9.54 Å². The molecule has 1 aromatic carbocycles. The van der Waals surface area contributed by atoms with Crippen LogP contribution in [0.15, 0.2) is 53.7 Å². The van der Waals surface area contributed by atoms with Gasteiger partial charge in [-0.05, 0) is 17.7 Å². The van der Waals surface area contributed by atoms with Crippen molar-refractivity contribution in [2.24, 2.45) is 0 Å². The smallest absolute Gasteiger partial charge is 0.331 e. The Morgan fingerprint density at radius 1 is 1.21 bits per heavy atom. The highest BCUT2D eigenvalue weighted by Crippen LogP contribution is 2.50. The van der Waals surface area contributed by atoms with Gasteiger partial charge in [0.05, 0.1) is 5.71 Å². The molecule has 0 aliphatic carbocycles. The van der Waals surface area contributed by atoms with Gasteiger partial charge in [0.1, 0.15) is 5.03 Å². The second kappa shape index (κ2) is 4.20. The number of aromatic nitrogens is 1. The minimum Gasteiger partial charge on any atom is -0.480 e. The van der Waals surface area contributed by atoms with Crippen LogP contribution in [0.1, 0.15) is 11.1 Å². The second-order valence-corrected chi connectivity index (χ2v) is 5.39. The molecule has 0 radical (unpaired) electrons. The Morgan fingerprint density at radius 3 is 2.58 bits per heavy atom. The van der Waals surface area contributed by atoms with Crippen LogP contribution in [0.4, 0.5) is 0 Å². The van der Waals surface area contributed by atoms with E-state index in [0.29, 0.717) is 16.2 Å². The molecule has 5 heteroatoms. The van der Waals surface area contributed by atoms with E-state index in [1.54, 1.807) is 42.6 Å². The highest BCUT2D eigenvalue weighted by atomic mass is 32.2. The summed E-state index contributed by atoms with van der Waals surface area (Å²) in [5.41, 5.74) is 1.27. The number of benzene rings is 1. The number of nitrogens with one attached hydrogen (secondary N) is 1. The SMILES string of the molecule is N=C1c2cccnc2SC1(C(=O)O)c1ccccc1. The number of pyridine rings is 1. The van der Waals surface area contributed by atoms with Crippen LogP contribution in [-0.4, -0.2) is 21.8 Å². The number of aliphatic carboxylic acids is 1. The van der Waals surface area contributed by atoms with Crippen molar-refractivity contribution < 1.29 is 9.90 Å². The normalized spacial score (nSPS) is 21.2. The third kappa shape index (κ3) is 1.58. The molecule has 0 spiro atoms. The molecule has 1 atom stereocenters. The Kier molecular flexibility index (Phi) is 2.64. The average Bonchev–Trinajstić information content (AvgIpc) is 2.75. The fourth-order valence-corrected chi connectivity index (χ4v) is 3.44. The second-order valence-electron chi connectivity index (χ2n) is 4.19. The summed E-state index contributed by atoms with van der Waals surface area (Å²) in [5, 5.41) is 18.5. The number of hydrogen-bond acceptors (Lipinski definition) is 4. The van der Waals surface area contributed by atoms with E-state index in [0.717, 1.165) is 11.8 Å². The average molecular weight is 270 g/mol. The summed E-state index contributed by atoms with van der Waals surface area (Å²) >= 11 is 1.12.